The van der Waals surface area contributed by atoms with Crippen LogP contribution < -0.4 is 4.74 Å². The number of carboxylic acid groups (broad SMARTS) is 1. The third-order valence-electron chi connectivity index (χ3n) is 4.99. The van der Waals surface area contributed by atoms with Gasteiger partial charge in [-0.25, -0.2) is 0 Å². The Hall–Kier alpha value is -1.26. The molecule has 2 aliphatic rings. The fourth-order valence-corrected chi connectivity index (χ4v) is 4.21. The quantitative estimate of drug-likeness (QED) is 0.929. The molecular formula is C16H20ClNO3. The maximum absolute atomic E-state index is 11.7. The molecule has 0 bridgehead atoms. The summed E-state index contributed by atoms with van der Waals surface area (Å²) in [6, 6.07) is 5.76. The lowest BCUT2D eigenvalue weighted by atomic mass is 9.81. The minimum absolute atomic E-state index is 0.295. The Morgan fingerprint density at radius 2 is 2.38 bits per heavy atom. The van der Waals surface area contributed by atoms with Gasteiger partial charge >= 0.3 is 5.97 Å². The number of carboxylic acids is 1. The van der Waals surface area contributed by atoms with Gasteiger partial charge in [0.2, 0.25) is 0 Å². The van der Waals surface area contributed by atoms with Crippen molar-refractivity contribution in [2.24, 2.45) is 11.3 Å². The first kappa shape index (κ1) is 14.7. The summed E-state index contributed by atoms with van der Waals surface area (Å²) in [5.41, 5.74) is 0.581. The first-order valence-electron chi connectivity index (χ1n) is 7.33. The van der Waals surface area contributed by atoms with Crippen molar-refractivity contribution in [3.63, 3.8) is 0 Å². The van der Waals surface area contributed by atoms with Crippen LogP contribution in [0.1, 0.15) is 24.8 Å². The number of carbonyl (C=O) groups is 1. The second-order valence-electron chi connectivity index (χ2n) is 6.19. The molecule has 0 amide bonds. The van der Waals surface area contributed by atoms with E-state index in [-0.39, 0.29) is 0 Å². The minimum Gasteiger partial charge on any atom is -0.495 e. The molecule has 1 saturated carbocycles. The van der Waals surface area contributed by atoms with E-state index >= 15 is 0 Å². The maximum Gasteiger partial charge on any atom is 0.311 e. The second-order valence-corrected chi connectivity index (χ2v) is 6.60. The van der Waals surface area contributed by atoms with E-state index in [4.69, 9.17) is 16.3 Å². The minimum atomic E-state index is -0.625. The third kappa shape index (κ3) is 2.51. The molecule has 1 saturated heterocycles. The molecule has 4 nitrogen and oxygen atoms in total. The number of halogens is 1. The normalized spacial score (nSPS) is 28.6. The van der Waals surface area contributed by atoms with E-state index in [0.29, 0.717) is 23.2 Å². The van der Waals surface area contributed by atoms with Gasteiger partial charge < -0.3 is 9.84 Å². The van der Waals surface area contributed by atoms with Gasteiger partial charge in [0.05, 0.1) is 17.5 Å². The number of methoxy groups -OCH3 is 1. The van der Waals surface area contributed by atoms with Crippen LogP contribution in [-0.2, 0) is 11.3 Å². The van der Waals surface area contributed by atoms with Gasteiger partial charge in [0, 0.05) is 19.6 Å². The second kappa shape index (κ2) is 5.50. The highest BCUT2D eigenvalue weighted by atomic mass is 35.5. The molecule has 0 radical (unpaired) electrons. The Morgan fingerprint density at radius 1 is 1.57 bits per heavy atom. The van der Waals surface area contributed by atoms with Crippen molar-refractivity contribution < 1.29 is 14.6 Å². The molecule has 0 unspecified atom stereocenters. The number of fused-ring (bicyclic) bond motifs is 1. The zero-order chi connectivity index (χ0) is 15.0. The zero-order valence-electron chi connectivity index (χ0n) is 12.1. The number of hydrogen-bond donors (Lipinski definition) is 1. The Bertz CT molecular complexity index is 562. The molecule has 0 spiro atoms. The Kier molecular flexibility index (Phi) is 3.84. The zero-order valence-corrected chi connectivity index (χ0v) is 12.9. The molecule has 3 rings (SSSR count). The van der Waals surface area contributed by atoms with Gasteiger partial charge in [-0.15, -0.1) is 0 Å². The van der Waals surface area contributed by atoms with Crippen LogP contribution >= 0.6 is 11.6 Å². The van der Waals surface area contributed by atoms with E-state index in [9.17, 15) is 9.90 Å². The Labute approximate surface area is 129 Å². The van der Waals surface area contributed by atoms with Crippen LogP contribution in [0.5, 0.6) is 5.75 Å². The molecule has 1 N–H and O–H groups in total. The Morgan fingerprint density at radius 3 is 3.00 bits per heavy atom. The van der Waals surface area contributed by atoms with Gasteiger partial charge in [-0.1, -0.05) is 24.1 Å². The van der Waals surface area contributed by atoms with E-state index in [0.717, 1.165) is 37.9 Å². The van der Waals surface area contributed by atoms with Crippen molar-refractivity contribution in [3.05, 3.63) is 28.8 Å². The molecule has 2 fully saturated rings. The summed E-state index contributed by atoms with van der Waals surface area (Å²) in [7, 11) is 1.60. The van der Waals surface area contributed by atoms with Crippen molar-refractivity contribution >= 4 is 17.6 Å². The van der Waals surface area contributed by atoms with Crippen molar-refractivity contribution in [3.8, 4) is 5.75 Å². The third-order valence-corrected chi connectivity index (χ3v) is 5.28. The molecule has 1 heterocycles. The van der Waals surface area contributed by atoms with Crippen LogP contribution in [0.4, 0.5) is 0 Å². The average molecular weight is 310 g/mol. The highest BCUT2D eigenvalue weighted by Gasteiger charge is 2.54. The van der Waals surface area contributed by atoms with Crippen LogP contribution in [0, 0.1) is 11.3 Å². The number of hydrogen-bond acceptors (Lipinski definition) is 3. The van der Waals surface area contributed by atoms with Crippen molar-refractivity contribution in [2.45, 2.75) is 25.8 Å². The number of ether oxygens (including phenoxy) is 1. The van der Waals surface area contributed by atoms with E-state index in [1.54, 1.807) is 7.11 Å². The van der Waals surface area contributed by atoms with Gasteiger partial charge in [-0.3, -0.25) is 9.69 Å². The van der Waals surface area contributed by atoms with Crippen LogP contribution in [0.25, 0.3) is 0 Å². The van der Waals surface area contributed by atoms with Gasteiger partial charge in [0.25, 0.3) is 0 Å². The molecule has 1 aromatic carbocycles. The lowest BCUT2D eigenvalue weighted by Gasteiger charge is -2.23. The summed E-state index contributed by atoms with van der Waals surface area (Å²) in [5.74, 6) is 0.338. The van der Waals surface area contributed by atoms with Gasteiger partial charge in [0.15, 0.2) is 0 Å². The summed E-state index contributed by atoms with van der Waals surface area (Å²) in [6.45, 7) is 2.27. The van der Waals surface area contributed by atoms with Gasteiger partial charge in [0.1, 0.15) is 5.75 Å². The predicted molar refractivity (Wildman–Crippen MR) is 80.7 cm³/mol. The smallest absolute Gasteiger partial charge is 0.311 e. The number of aliphatic carboxylic acids is 1. The van der Waals surface area contributed by atoms with E-state index in [1.807, 2.05) is 18.2 Å². The van der Waals surface area contributed by atoms with Gasteiger partial charge in [-0.2, -0.15) is 0 Å². The van der Waals surface area contributed by atoms with Crippen LogP contribution in [0.2, 0.25) is 5.02 Å². The topological polar surface area (TPSA) is 49.8 Å². The SMILES string of the molecule is COc1ccc(CN2C[C@@H]3CCC[C@@]3(C(=O)O)C2)cc1Cl. The van der Waals surface area contributed by atoms with E-state index in [1.165, 1.54) is 0 Å². The van der Waals surface area contributed by atoms with Crippen LogP contribution in [0.15, 0.2) is 18.2 Å². The summed E-state index contributed by atoms with van der Waals surface area (Å²) >= 11 is 6.15. The lowest BCUT2D eigenvalue weighted by molar-refractivity contribution is -0.149. The summed E-state index contributed by atoms with van der Waals surface area (Å²) in [4.78, 5) is 13.9. The molecule has 21 heavy (non-hydrogen) atoms. The highest BCUT2D eigenvalue weighted by Crippen LogP contribution is 2.49. The lowest BCUT2D eigenvalue weighted by Crippen LogP contribution is -2.35. The largest absolute Gasteiger partial charge is 0.495 e. The summed E-state index contributed by atoms with van der Waals surface area (Å²) in [5, 5.41) is 10.2. The van der Waals surface area contributed by atoms with Crippen LogP contribution in [-0.4, -0.2) is 36.2 Å². The fourth-order valence-electron chi connectivity index (χ4n) is 3.93. The molecule has 5 heteroatoms. The van der Waals surface area contributed by atoms with E-state index in [2.05, 4.69) is 4.90 Å². The number of nitrogens with zero attached hydrogens (tertiary/aromatic N) is 1. The number of benzene rings is 1. The highest BCUT2D eigenvalue weighted by molar-refractivity contribution is 6.32. The monoisotopic (exact) mass is 309 g/mol. The van der Waals surface area contributed by atoms with Crippen LogP contribution in [0.3, 0.4) is 0 Å². The van der Waals surface area contributed by atoms with Gasteiger partial charge in [-0.05, 0) is 36.5 Å². The van der Waals surface area contributed by atoms with Crippen molar-refractivity contribution in [2.75, 3.05) is 20.2 Å². The molecule has 114 valence electrons. The standard InChI is InChI=1S/C16H20ClNO3/c1-21-14-5-4-11(7-13(14)17)8-18-9-12-3-2-6-16(12,10-18)15(19)20/h4-5,7,12H,2-3,6,8-10H2,1H3,(H,19,20)/t12-,16+/m0/s1. The maximum atomic E-state index is 11.7. The van der Waals surface area contributed by atoms with Crippen molar-refractivity contribution in [1.29, 1.82) is 0 Å². The Balaban J connectivity index is 1.73. The average Bonchev–Trinajstić information content (AvgIpc) is 2.96. The summed E-state index contributed by atoms with van der Waals surface area (Å²) < 4.78 is 5.15. The number of rotatable bonds is 4. The fraction of sp³-hybridized carbons (Fsp3) is 0.562. The molecular weight excluding hydrogens is 290 g/mol. The predicted octanol–water partition coefficient (Wildman–Crippen LogP) is 3.04. The summed E-state index contributed by atoms with van der Waals surface area (Å²) in [6.07, 6.45) is 2.89. The molecule has 2 atom stereocenters. The first-order valence-corrected chi connectivity index (χ1v) is 7.71. The molecule has 1 aliphatic carbocycles. The van der Waals surface area contributed by atoms with Crippen molar-refractivity contribution in [1.82, 2.24) is 4.90 Å². The first-order chi connectivity index (χ1) is 10.0. The molecule has 1 aromatic rings. The van der Waals surface area contributed by atoms with E-state index < -0.39 is 11.4 Å². The molecule has 1 aliphatic heterocycles. The molecule has 0 aromatic heterocycles. The number of likely N-dealkylation sites (tertiary alicyclic amines) is 1.